The highest BCUT2D eigenvalue weighted by Crippen LogP contribution is 2.19. The van der Waals surface area contributed by atoms with Crippen molar-refractivity contribution in [1.29, 1.82) is 0 Å². The fraction of sp³-hybridized carbons (Fsp3) is 0.286. The Bertz CT molecular complexity index is 370. The first-order chi connectivity index (χ1) is 6.56. The first-order valence-corrected chi connectivity index (χ1v) is 3.76. The first kappa shape index (κ1) is 10.2. The SMILES string of the molecule is O=C(O)c1cc(CCO)c([N+](=O)[O-])[nH]1. The van der Waals surface area contributed by atoms with E-state index < -0.39 is 10.9 Å². The standard InChI is InChI=1S/C7H8N2O5/c10-2-1-4-3-5(7(11)12)8-6(4)9(13)14/h3,8,10H,1-2H2,(H,11,12). The number of hydrogen-bond acceptors (Lipinski definition) is 4. The van der Waals surface area contributed by atoms with E-state index in [1.54, 1.807) is 0 Å². The average Bonchev–Trinajstić information content (AvgIpc) is 2.49. The van der Waals surface area contributed by atoms with Gasteiger partial charge in [-0.25, -0.2) is 9.78 Å². The molecule has 0 bridgehead atoms. The van der Waals surface area contributed by atoms with Crippen LogP contribution in [0.1, 0.15) is 16.1 Å². The van der Waals surface area contributed by atoms with Gasteiger partial charge in [0, 0.05) is 19.1 Å². The van der Waals surface area contributed by atoms with Crippen molar-refractivity contribution in [2.24, 2.45) is 0 Å². The van der Waals surface area contributed by atoms with Crippen LogP contribution < -0.4 is 0 Å². The lowest BCUT2D eigenvalue weighted by molar-refractivity contribution is -0.389. The maximum absolute atomic E-state index is 10.5. The van der Waals surface area contributed by atoms with E-state index in [0.29, 0.717) is 0 Å². The van der Waals surface area contributed by atoms with Gasteiger partial charge in [0.25, 0.3) is 0 Å². The highest BCUT2D eigenvalue weighted by molar-refractivity contribution is 5.86. The second-order valence-electron chi connectivity index (χ2n) is 2.59. The number of H-pyrrole nitrogens is 1. The summed E-state index contributed by atoms with van der Waals surface area (Å²) in [5.74, 6) is -1.64. The number of nitrogens with one attached hydrogen (secondary N) is 1. The number of carboxylic acid groups (broad SMARTS) is 1. The molecule has 7 nitrogen and oxygen atoms in total. The summed E-state index contributed by atoms with van der Waals surface area (Å²) < 4.78 is 0. The van der Waals surface area contributed by atoms with Crippen LogP contribution in [0, 0.1) is 10.1 Å². The lowest BCUT2D eigenvalue weighted by Crippen LogP contribution is -1.97. The van der Waals surface area contributed by atoms with Crippen molar-refractivity contribution in [2.75, 3.05) is 6.61 Å². The van der Waals surface area contributed by atoms with E-state index in [2.05, 4.69) is 4.98 Å². The molecule has 1 aromatic heterocycles. The van der Waals surface area contributed by atoms with Crippen molar-refractivity contribution in [3.05, 3.63) is 27.4 Å². The van der Waals surface area contributed by atoms with E-state index in [0.717, 1.165) is 6.07 Å². The lowest BCUT2D eigenvalue weighted by atomic mass is 10.2. The minimum absolute atomic E-state index is 0.0556. The minimum atomic E-state index is -1.27. The zero-order chi connectivity index (χ0) is 10.7. The molecule has 0 saturated heterocycles. The number of rotatable bonds is 4. The highest BCUT2D eigenvalue weighted by atomic mass is 16.6. The van der Waals surface area contributed by atoms with Gasteiger partial charge in [-0.3, -0.25) is 0 Å². The van der Waals surface area contributed by atoms with Crippen molar-refractivity contribution >= 4 is 11.8 Å². The van der Waals surface area contributed by atoms with Crippen molar-refractivity contribution in [3.8, 4) is 0 Å². The number of aromatic carboxylic acids is 1. The molecule has 14 heavy (non-hydrogen) atoms. The molecule has 0 fully saturated rings. The molecule has 0 radical (unpaired) electrons. The van der Waals surface area contributed by atoms with E-state index in [4.69, 9.17) is 10.2 Å². The molecule has 0 aliphatic rings. The molecule has 0 aliphatic carbocycles. The third-order valence-corrected chi connectivity index (χ3v) is 1.67. The maximum Gasteiger partial charge on any atom is 0.375 e. The summed E-state index contributed by atoms with van der Waals surface area (Å²) in [5.41, 5.74) is -0.0601. The molecule has 76 valence electrons. The van der Waals surface area contributed by atoms with E-state index >= 15 is 0 Å². The van der Waals surface area contributed by atoms with E-state index in [1.165, 1.54) is 0 Å². The van der Waals surface area contributed by atoms with Crippen LogP contribution in [0.5, 0.6) is 0 Å². The molecular formula is C7H8N2O5. The number of carbonyl (C=O) groups is 1. The number of aromatic amines is 1. The monoisotopic (exact) mass is 200 g/mol. The molecule has 0 aliphatic heterocycles. The number of nitro groups is 1. The Balaban J connectivity index is 3.12. The Hall–Kier alpha value is -1.89. The third kappa shape index (κ3) is 1.88. The predicted octanol–water partition coefficient (Wildman–Crippen LogP) is 0.156. The molecule has 0 atom stereocenters. The fourth-order valence-corrected chi connectivity index (χ4v) is 1.08. The molecule has 1 heterocycles. The molecule has 1 aromatic rings. The predicted molar refractivity (Wildman–Crippen MR) is 45.2 cm³/mol. The summed E-state index contributed by atoms with van der Waals surface area (Å²) in [7, 11) is 0. The smallest absolute Gasteiger partial charge is 0.375 e. The Morgan fingerprint density at radius 3 is 2.71 bits per heavy atom. The summed E-state index contributed by atoms with van der Waals surface area (Å²) in [6, 6.07) is 1.15. The second kappa shape index (κ2) is 3.88. The van der Waals surface area contributed by atoms with Gasteiger partial charge < -0.3 is 20.3 Å². The van der Waals surface area contributed by atoms with Gasteiger partial charge in [-0.2, -0.15) is 0 Å². The minimum Gasteiger partial charge on any atom is -0.475 e. The van der Waals surface area contributed by atoms with Crippen molar-refractivity contribution in [3.63, 3.8) is 0 Å². The quantitative estimate of drug-likeness (QED) is 0.472. The molecule has 3 N–H and O–H groups in total. The zero-order valence-electron chi connectivity index (χ0n) is 7.06. The van der Waals surface area contributed by atoms with Gasteiger partial charge in [-0.1, -0.05) is 0 Å². The van der Waals surface area contributed by atoms with Gasteiger partial charge in [0.05, 0.1) is 5.56 Å². The van der Waals surface area contributed by atoms with E-state index in [1.807, 2.05) is 0 Å². The van der Waals surface area contributed by atoms with Crippen molar-refractivity contribution in [1.82, 2.24) is 4.98 Å². The van der Waals surface area contributed by atoms with E-state index in [-0.39, 0.29) is 30.1 Å². The van der Waals surface area contributed by atoms with Gasteiger partial charge in [0.2, 0.25) is 5.69 Å². The molecule has 1 rings (SSSR count). The maximum atomic E-state index is 10.5. The van der Waals surface area contributed by atoms with E-state index in [9.17, 15) is 14.9 Å². The average molecular weight is 200 g/mol. The Morgan fingerprint density at radius 2 is 2.29 bits per heavy atom. The number of aromatic nitrogens is 1. The number of carboxylic acids is 1. The zero-order valence-corrected chi connectivity index (χ0v) is 7.06. The Morgan fingerprint density at radius 1 is 1.64 bits per heavy atom. The second-order valence-corrected chi connectivity index (χ2v) is 2.59. The van der Waals surface area contributed by atoms with Crippen molar-refractivity contribution in [2.45, 2.75) is 6.42 Å². The summed E-state index contributed by atoms with van der Waals surface area (Å²) in [4.78, 5) is 22.4. The van der Waals surface area contributed by atoms with Gasteiger partial charge in [0.15, 0.2) is 0 Å². The van der Waals surface area contributed by atoms with Crippen LogP contribution in [0.15, 0.2) is 6.07 Å². The lowest BCUT2D eigenvalue weighted by Gasteiger charge is -1.94. The van der Waals surface area contributed by atoms with Crippen molar-refractivity contribution < 1.29 is 19.9 Å². The van der Waals surface area contributed by atoms with Crippen LogP contribution >= 0.6 is 0 Å². The topological polar surface area (TPSA) is 116 Å². The Kier molecular flexibility index (Phi) is 2.82. The van der Waals surface area contributed by atoms with Gasteiger partial charge >= 0.3 is 11.8 Å². The molecule has 0 amide bonds. The van der Waals surface area contributed by atoms with Gasteiger partial charge in [0.1, 0.15) is 0 Å². The van der Waals surface area contributed by atoms with Crippen LogP contribution in [0.25, 0.3) is 0 Å². The molecular weight excluding hydrogens is 192 g/mol. The normalized spacial score (nSPS) is 10.1. The van der Waals surface area contributed by atoms with Crippen LogP contribution in [0.3, 0.4) is 0 Å². The molecule has 0 unspecified atom stereocenters. The van der Waals surface area contributed by atoms with Crippen LogP contribution in [0.4, 0.5) is 5.82 Å². The number of nitrogens with zero attached hydrogens (tertiary/aromatic N) is 1. The third-order valence-electron chi connectivity index (χ3n) is 1.67. The number of aliphatic hydroxyl groups is 1. The number of hydrogen-bond donors (Lipinski definition) is 3. The molecule has 7 heteroatoms. The largest absolute Gasteiger partial charge is 0.475 e. The summed E-state index contributed by atoms with van der Waals surface area (Å²) in [5, 5.41) is 27.6. The number of aliphatic hydroxyl groups excluding tert-OH is 1. The highest BCUT2D eigenvalue weighted by Gasteiger charge is 2.20. The van der Waals surface area contributed by atoms with Crippen LogP contribution in [-0.4, -0.2) is 32.7 Å². The summed E-state index contributed by atoms with van der Waals surface area (Å²) in [6.45, 7) is -0.266. The van der Waals surface area contributed by atoms with Gasteiger partial charge in [-0.05, 0) is 4.92 Å². The molecule has 0 spiro atoms. The van der Waals surface area contributed by atoms with Gasteiger partial charge in [-0.15, -0.1) is 0 Å². The van der Waals surface area contributed by atoms with Crippen LogP contribution in [0.2, 0.25) is 0 Å². The Labute approximate surface area is 78.1 Å². The van der Waals surface area contributed by atoms with Crippen LogP contribution in [-0.2, 0) is 6.42 Å². The summed E-state index contributed by atoms with van der Waals surface area (Å²) in [6.07, 6.45) is 0.0556. The molecule has 0 aromatic carbocycles. The fourth-order valence-electron chi connectivity index (χ4n) is 1.08. The first-order valence-electron chi connectivity index (χ1n) is 3.76. The molecule has 0 saturated carbocycles. The summed E-state index contributed by atoms with van der Waals surface area (Å²) >= 11 is 0.